The summed E-state index contributed by atoms with van der Waals surface area (Å²) in [5, 5.41) is 5.08. The normalized spacial score (nSPS) is 24.1. The number of hydrogen-bond donors (Lipinski definition) is 2. The van der Waals surface area contributed by atoms with Crippen molar-refractivity contribution in [3.8, 4) is 0 Å². The van der Waals surface area contributed by atoms with Gasteiger partial charge < -0.3 is 20.0 Å². The highest BCUT2D eigenvalue weighted by molar-refractivity contribution is 6.09. The maximum Gasteiger partial charge on any atom is 0.322 e. The molecule has 0 bridgehead atoms. The zero-order valence-electron chi connectivity index (χ0n) is 17.7. The minimum absolute atomic E-state index is 0.0609. The molecule has 1 unspecified atom stereocenters. The van der Waals surface area contributed by atoms with Crippen LogP contribution in [0.1, 0.15) is 30.0 Å². The van der Waals surface area contributed by atoms with Crippen LogP contribution in [0.4, 0.5) is 4.79 Å². The van der Waals surface area contributed by atoms with Gasteiger partial charge in [0.1, 0.15) is 5.54 Å². The molecule has 8 heteroatoms. The summed E-state index contributed by atoms with van der Waals surface area (Å²) in [4.78, 5) is 43.8. The summed E-state index contributed by atoms with van der Waals surface area (Å²) < 4.78 is 0. The Balaban J connectivity index is 1.53. The maximum atomic E-state index is 13.0. The minimum Gasteiger partial charge on any atom is -0.364 e. The van der Waals surface area contributed by atoms with Gasteiger partial charge in [-0.25, -0.2) is 4.79 Å². The van der Waals surface area contributed by atoms with Crippen molar-refractivity contribution < 1.29 is 14.4 Å². The molecule has 1 atom stereocenters. The van der Waals surface area contributed by atoms with Crippen molar-refractivity contribution >= 4 is 23.5 Å². The third kappa shape index (κ3) is 3.67. The summed E-state index contributed by atoms with van der Waals surface area (Å²) in [6.45, 7) is 10.0. The summed E-state index contributed by atoms with van der Waals surface area (Å²) >= 11 is 0. The Labute approximate surface area is 176 Å². The highest BCUT2D eigenvalue weighted by atomic mass is 16.2. The van der Waals surface area contributed by atoms with Crippen LogP contribution < -0.4 is 10.6 Å². The molecular weight excluding hydrogens is 382 g/mol. The molecule has 2 fully saturated rings. The Morgan fingerprint density at radius 2 is 1.93 bits per heavy atom. The summed E-state index contributed by atoms with van der Waals surface area (Å²) in [5.74, 6) is -0.566. The summed E-state index contributed by atoms with van der Waals surface area (Å²) in [6.07, 6.45) is 0.872. The van der Waals surface area contributed by atoms with Crippen molar-refractivity contribution in [1.29, 1.82) is 0 Å². The highest BCUT2D eigenvalue weighted by Gasteiger charge is 2.50. The molecule has 160 valence electrons. The first-order chi connectivity index (χ1) is 14.3. The lowest BCUT2D eigenvalue weighted by atomic mass is 9.93. The van der Waals surface area contributed by atoms with E-state index in [0.29, 0.717) is 19.6 Å². The molecule has 4 amide bonds. The van der Waals surface area contributed by atoms with Gasteiger partial charge in [0.25, 0.3) is 5.91 Å². The first-order valence-electron chi connectivity index (χ1n) is 10.5. The fourth-order valence-electron chi connectivity index (χ4n) is 4.44. The summed E-state index contributed by atoms with van der Waals surface area (Å²) in [6, 6.07) is 5.77. The molecule has 30 heavy (non-hydrogen) atoms. The number of fused-ring (bicyclic) bond motifs is 1. The van der Waals surface area contributed by atoms with Crippen LogP contribution in [0.2, 0.25) is 0 Å². The molecule has 0 radical (unpaired) electrons. The quantitative estimate of drug-likeness (QED) is 0.700. The van der Waals surface area contributed by atoms with Crippen LogP contribution in [0.5, 0.6) is 0 Å². The van der Waals surface area contributed by atoms with Gasteiger partial charge in [0, 0.05) is 44.0 Å². The Morgan fingerprint density at radius 1 is 1.20 bits per heavy atom. The lowest BCUT2D eigenvalue weighted by Gasteiger charge is -2.36. The number of likely N-dealkylation sites (N-methyl/N-ethyl adjacent to an activating group) is 1. The largest absolute Gasteiger partial charge is 0.364 e. The maximum absolute atomic E-state index is 13.0. The van der Waals surface area contributed by atoms with Crippen molar-refractivity contribution in [1.82, 2.24) is 25.3 Å². The number of amides is 4. The van der Waals surface area contributed by atoms with Crippen molar-refractivity contribution in [2.24, 2.45) is 0 Å². The molecule has 0 saturated carbocycles. The van der Waals surface area contributed by atoms with E-state index in [4.69, 9.17) is 0 Å². The molecule has 2 N–H and O–H groups in total. The van der Waals surface area contributed by atoms with E-state index < -0.39 is 17.5 Å². The van der Waals surface area contributed by atoms with Gasteiger partial charge in [-0.05, 0) is 30.7 Å². The van der Waals surface area contributed by atoms with E-state index in [1.807, 2.05) is 11.9 Å². The molecule has 1 aromatic carbocycles. The van der Waals surface area contributed by atoms with Crippen LogP contribution in [0.25, 0.3) is 5.70 Å². The van der Waals surface area contributed by atoms with Gasteiger partial charge in [-0.1, -0.05) is 25.6 Å². The van der Waals surface area contributed by atoms with E-state index in [-0.39, 0.29) is 18.9 Å². The average molecular weight is 412 g/mol. The first kappa shape index (κ1) is 20.4. The van der Waals surface area contributed by atoms with Gasteiger partial charge in [-0.15, -0.1) is 0 Å². The highest BCUT2D eigenvalue weighted by Crippen LogP contribution is 2.34. The van der Waals surface area contributed by atoms with Gasteiger partial charge >= 0.3 is 6.03 Å². The minimum atomic E-state index is -1.30. The van der Waals surface area contributed by atoms with Crippen LogP contribution >= 0.6 is 0 Å². The molecule has 4 rings (SSSR count). The number of nitrogens with zero attached hydrogens (tertiary/aromatic N) is 3. The third-order valence-electron chi connectivity index (χ3n) is 6.42. The Hall–Kier alpha value is -2.87. The fraction of sp³-hybridized carbons (Fsp3) is 0.500. The zero-order valence-corrected chi connectivity index (χ0v) is 17.7. The SMILES string of the molecule is C=C1c2cc(CC)ccc2CN1CC1(CC(=O)N2CCN(C)CC2)NC(=O)NC1=O. The lowest BCUT2D eigenvalue weighted by Crippen LogP contribution is -2.58. The van der Waals surface area contributed by atoms with Gasteiger partial charge in [0.05, 0.1) is 13.0 Å². The van der Waals surface area contributed by atoms with E-state index in [1.54, 1.807) is 4.90 Å². The standard InChI is InChI=1S/C22H29N5O3/c1-4-16-5-6-17-13-27(15(2)18(17)11-16)14-22(20(29)23-21(30)24-22)12-19(28)26-9-7-25(3)8-10-26/h5-6,11H,2,4,7-10,12-14H2,1,3H3,(H2,23,24,29,30). The monoisotopic (exact) mass is 411 g/mol. The number of urea groups is 1. The van der Waals surface area contributed by atoms with E-state index in [2.05, 4.69) is 47.2 Å². The predicted molar refractivity (Wildman–Crippen MR) is 113 cm³/mol. The molecule has 3 aliphatic rings. The number of nitrogens with one attached hydrogen (secondary N) is 2. The van der Waals surface area contributed by atoms with Crippen molar-refractivity contribution in [2.45, 2.75) is 31.8 Å². The number of piperazine rings is 1. The van der Waals surface area contributed by atoms with Crippen LogP contribution in [0.15, 0.2) is 24.8 Å². The van der Waals surface area contributed by atoms with Gasteiger partial charge in [0.2, 0.25) is 5.91 Å². The van der Waals surface area contributed by atoms with E-state index in [1.165, 1.54) is 5.56 Å². The molecule has 0 aliphatic carbocycles. The third-order valence-corrected chi connectivity index (χ3v) is 6.42. The van der Waals surface area contributed by atoms with Gasteiger partial charge in [-0.2, -0.15) is 0 Å². The number of benzene rings is 1. The zero-order chi connectivity index (χ0) is 21.5. The van der Waals surface area contributed by atoms with Gasteiger partial charge in [-0.3, -0.25) is 14.9 Å². The first-order valence-corrected chi connectivity index (χ1v) is 10.5. The van der Waals surface area contributed by atoms with Gasteiger partial charge in [0.15, 0.2) is 0 Å². The number of imide groups is 1. The van der Waals surface area contributed by atoms with Crippen LogP contribution in [0, 0.1) is 0 Å². The number of rotatable bonds is 5. The van der Waals surface area contributed by atoms with Crippen LogP contribution in [-0.2, 0) is 22.6 Å². The second-order valence-electron chi connectivity index (χ2n) is 8.50. The Kier molecular flexibility index (Phi) is 5.27. The summed E-state index contributed by atoms with van der Waals surface area (Å²) in [5.41, 5.74) is 2.96. The van der Waals surface area contributed by atoms with Crippen molar-refractivity contribution in [2.75, 3.05) is 39.8 Å². The van der Waals surface area contributed by atoms with E-state index in [0.717, 1.165) is 36.3 Å². The molecule has 3 aliphatic heterocycles. The van der Waals surface area contributed by atoms with Crippen molar-refractivity contribution in [3.05, 3.63) is 41.5 Å². The molecule has 0 spiro atoms. The van der Waals surface area contributed by atoms with Crippen molar-refractivity contribution in [3.63, 3.8) is 0 Å². The smallest absolute Gasteiger partial charge is 0.322 e. The fourth-order valence-corrected chi connectivity index (χ4v) is 4.44. The number of aryl methyl sites for hydroxylation is 1. The molecule has 3 heterocycles. The topological polar surface area (TPSA) is 85.0 Å². The number of carbonyl (C=O) groups is 3. The second-order valence-corrected chi connectivity index (χ2v) is 8.50. The molecule has 8 nitrogen and oxygen atoms in total. The predicted octanol–water partition coefficient (Wildman–Crippen LogP) is 0.778. The van der Waals surface area contributed by atoms with Crippen LogP contribution in [-0.4, -0.2) is 77.9 Å². The van der Waals surface area contributed by atoms with Crippen LogP contribution in [0.3, 0.4) is 0 Å². The second kappa shape index (κ2) is 7.75. The van der Waals surface area contributed by atoms with E-state index in [9.17, 15) is 14.4 Å². The summed E-state index contributed by atoms with van der Waals surface area (Å²) in [7, 11) is 2.02. The van der Waals surface area contributed by atoms with E-state index >= 15 is 0 Å². The Bertz CT molecular complexity index is 906. The number of carbonyl (C=O) groups excluding carboxylic acids is 3. The number of hydrogen-bond acceptors (Lipinski definition) is 5. The molecular formula is C22H29N5O3. The molecule has 1 aromatic rings. The lowest BCUT2D eigenvalue weighted by molar-refractivity contribution is -0.138. The molecule has 2 saturated heterocycles. The Morgan fingerprint density at radius 3 is 2.57 bits per heavy atom. The average Bonchev–Trinajstić information content (AvgIpc) is 3.17. The molecule has 0 aromatic heterocycles.